The monoisotopic (exact) mass is 268 g/mol. The molecule has 0 bridgehead atoms. The maximum absolute atomic E-state index is 11.9. The number of carbonyl (C=O) groups excluding carboxylic acids is 2. The van der Waals surface area contributed by atoms with E-state index in [9.17, 15) is 9.59 Å². The van der Waals surface area contributed by atoms with Crippen LogP contribution in [-0.4, -0.2) is 34.9 Å². The average Bonchev–Trinajstić information content (AvgIpc) is 2.94. The molecule has 0 radical (unpaired) electrons. The van der Waals surface area contributed by atoms with Gasteiger partial charge in [0.05, 0.1) is 13.2 Å². The second-order valence-corrected chi connectivity index (χ2v) is 5.27. The Kier molecular flexibility index (Phi) is 3.65. The fourth-order valence-corrected chi connectivity index (χ4v) is 3.09. The number of ether oxygens (including phenoxy) is 1. The van der Waals surface area contributed by atoms with Crippen LogP contribution >= 0.6 is 11.3 Å². The lowest BCUT2D eigenvalue weighted by Crippen LogP contribution is -2.40. The predicted octanol–water partition coefficient (Wildman–Crippen LogP) is 1.68. The molecule has 1 saturated heterocycles. The van der Waals surface area contributed by atoms with Crippen molar-refractivity contribution < 1.29 is 14.3 Å². The molecule has 1 amide bonds. The maximum atomic E-state index is 11.9. The number of esters is 1. The molecule has 0 saturated carbocycles. The normalized spacial score (nSPS) is 21.2. The third kappa shape index (κ3) is 2.25. The fraction of sp³-hybridized carbons (Fsp3) is 0.583. The van der Waals surface area contributed by atoms with Crippen molar-refractivity contribution in [2.75, 3.05) is 7.11 Å². The Hall–Kier alpha value is -1.43. The Morgan fingerprint density at radius 2 is 2.39 bits per heavy atom. The highest BCUT2D eigenvalue weighted by Gasteiger charge is 2.40. The van der Waals surface area contributed by atoms with Gasteiger partial charge in [0.1, 0.15) is 11.0 Å². The number of hydrogen-bond donors (Lipinski definition) is 0. The first kappa shape index (κ1) is 13.0. The Balaban J connectivity index is 2.23. The van der Waals surface area contributed by atoms with Gasteiger partial charge in [0.25, 0.3) is 0 Å². The van der Waals surface area contributed by atoms with Gasteiger partial charge in [-0.3, -0.25) is 4.79 Å². The van der Waals surface area contributed by atoms with Gasteiger partial charge in [-0.2, -0.15) is 0 Å². The molecule has 1 aliphatic heterocycles. The van der Waals surface area contributed by atoms with Crippen molar-refractivity contribution in [1.82, 2.24) is 9.88 Å². The summed E-state index contributed by atoms with van der Waals surface area (Å²) in [6.45, 7) is 3.81. The van der Waals surface area contributed by atoms with Crippen molar-refractivity contribution in [2.45, 2.75) is 38.8 Å². The van der Waals surface area contributed by atoms with E-state index < -0.39 is 6.04 Å². The lowest BCUT2D eigenvalue weighted by Gasteiger charge is -2.27. The molecule has 2 heterocycles. The van der Waals surface area contributed by atoms with E-state index in [4.69, 9.17) is 4.74 Å². The summed E-state index contributed by atoms with van der Waals surface area (Å²) < 4.78 is 4.75. The van der Waals surface area contributed by atoms with E-state index in [2.05, 4.69) is 4.98 Å². The molecule has 2 unspecified atom stereocenters. The van der Waals surface area contributed by atoms with E-state index in [-0.39, 0.29) is 17.9 Å². The van der Waals surface area contributed by atoms with Crippen molar-refractivity contribution in [2.24, 2.45) is 0 Å². The van der Waals surface area contributed by atoms with Gasteiger partial charge in [-0.25, -0.2) is 9.78 Å². The van der Waals surface area contributed by atoms with Crippen LogP contribution in [0.3, 0.4) is 0 Å². The summed E-state index contributed by atoms with van der Waals surface area (Å²) in [5, 5.41) is 2.80. The number of hydrogen-bond acceptors (Lipinski definition) is 5. The molecule has 1 aromatic heterocycles. The van der Waals surface area contributed by atoms with Crippen LogP contribution in [0.15, 0.2) is 5.38 Å². The van der Waals surface area contributed by atoms with E-state index in [0.717, 1.165) is 10.7 Å². The minimum atomic E-state index is -0.471. The van der Waals surface area contributed by atoms with Gasteiger partial charge in [0.15, 0.2) is 0 Å². The summed E-state index contributed by atoms with van der Waals surface area (Å²) in [5.74, 6) is -0.355. The minimum absolute atomic E-state index is 0.00856. The van der Waals surface area contributed by atoms with Gasteiger partial charge in [0, 0.05) is 17.5 Å². The zero-order chi connectivity index (χ0) is 13.3. The first-order chi connectivity index (χ1) is 8.54. The number of rotatable bonds is 3. The SMILES string of the molecule is COC(=O)C1CCC(=O)N1C(C)c1nc(C)cs1. The van der Waals surface area contributed by atoms with Crippen LogP contribution in [0.2, 0.25) is 0 Å². The number of amides is 1. The van der Waals surface area contributed by atoms with Gasteiger partial charge >= 0.3 is 5.97 Å². The fourth-order valence-electron chi connectivity index (χ4n) is 2.24. The first-order valence-corrected chi connectivity index (χ1v) is 6.73. The maximum Gasteiger partial charge on any atom is 0.328 e. The van der Waals surface area contributed by atoms with Gasteiger partial charge in [-0.1, -0.05) is 0 Å². The molecule has 98 valence electrons. The molecular weight excluding hydrogens is 252 g/mol. The third-order valence-electron chi connectivity index (χ3n) is 3.14. The smallest absolute Gasteiger partial charge is 0.328 e. The summed E-state index contributed by atoms with van der Waals surface area (Å²) in [4.78, 5) is 29.6. The highest BCUT2D eigenvalue weighted by Crippen LogP contribution is 2.32. The van der Waals surface area contributed by atoms with Crippen molar-refractivity contribution in [3.8, 4) is 0 Å². The second kappa shape index (κ2) is 5.06. The van der Waals surface area contributed by atoms with E-state index in [0.29, 0.717) is 12.8 Å². The van der Waals surface area contributed by atoms with Crippen molar-refractivity contribution in [3.63, 3.8) is 0 Å². The van der Waals surface area contributed by atoms with Gasteiger partial charge < -0.3 is 9.64 Å². The molecule has 1 aromatic rings. The molecule has 1 aliphatic rings. The number of thiazole rings is 1. The number of likely N-dealkylation sites (tertiary alicyclic amines) is 1. The van der Waals surface area contributed by atoms with Crippen LogP contribution < -0.4 is 0 Å². The highest BCUT2D eigenvalue weighted by atomic mass is 32.1. The summed E-state index contributed by atoms with van der Waals surface area (Å²) in [5.41, 5.74) is 0.933. The average molecular weight is 268 g/mol. The molecule has 2 rings (SSSR count). The van der Waals surface area contributed by atoms with E-state index >= 15 is 0 Å². The molecule has 0 N–H and O–H groups in total. The number of aromatic nitrogens is 1. The predicted molar refractivity (Wildman–Crippen MR) is 67.2 cm³/mol. The van der Waals surface area contributed by atoms with Crippen LogP contribution in [-0.2, 0) is 14.3 Å². The number of aryl methyl sites for hydroxylation is 1. The molecule has 0 aliphatic carbocycles. The van der Waals surface area contributed by atoms with Crippen LogP contribution in [0.5, 0.6) is 0 Å². The van der Waals surface area contributed by atoms with Crippen molar-refractivity contribution in [1.29, 1.82) is 0 Å². The van der Waals surface area contributed by atoms with E-state index in [1.807, 2.05) is 19.2 Å². The number of nitrogens with zero attached hydrogens (tertiary/aromatic N) is 2. The van der Waals surface area contributed by atoms with Crippen molar-refractivity contribution in [3.05, 3.63) is 16.1 Å². The molecular formula is C12H16N2O3S. The number of methoxy groups -OCH3 is 1. The third-order valence-corrected chi connectivity index (χ3v) is 4.27. The first-order valence-electron chi connectivity index (χ1n) is 5.85. The summed E-state index contributed by atoms with van der Waals surface area (Å²) in [6.07, 6.45) is 0.925. The van der Waals surface area contributed by atoms with Gasteiger partial charge in [-0.05, 0) is 20.3 Å². The summed E-state index contributed by atoms with van der Waals surface area (Å²) in [7, 11) is 1.35. The quantitative estimate of drug-likeness (QED) is 0.782. The Labute approximate surface area is 110 Å². The van der Waals surface area contributed by atoms with Crippen LogP contribution in [0.1, 0.15) is 36.5 Å². The van der Waals surface area contributed by atoms with Gasteiger partial charge in [-0.15, -0.1) is 11.3 Å². The lowest BCUT2D eigenvalue weighted by molar-refractivity contribution is -0.150. The zero-order valence-electron chi connectivity index (χ0n) is 10.7. The van der Waals surface area contributed by atoms with E-state index in [1.54, 1.807) is 4.90 Å². The largest absolute Gasteiger partial charge is 0.467 e. The molecule has 0 spiro atoms. The standard InChI is InChI=1S/C12H16N2O3S/c1-7-6-18-11(13-7)8(2)14-9(12(16)17-3)4-5-10(14)15/h6,8-9H,4-5H2,1-3H3. The Morgan fingerprint density at radius 1 is 1.67 bits per heavy atom. The molecule has 1 fully saturated rings. The Morgan fingerprint density at radius 3 is 2.94 bits per heavy atom. The molecule has 18 heavy (non-hydrogen) atoms. The molecule has 5 nitrogen and oxygen atoms in total. The molecule has 6 heteroatoms. The summed E-state index contributed by atoms with van der Waals surface area (Å²) >= 11 is 1.51. The molecule has 2 atom stereocenters. The zero-order valence-corrected chi connectivity index (χ0v) is 11.5. The van der Waals surface area contributed by atoms with Crippen LogP contribution in [0.4, 0.5) is 0 Å². The van der Waals surface area contributed by atoms with Crippen molar-refractivity contribution >= 4 is 23.2 Å². The Bertz CT molecular complexity index is 472. The van der Waals surface area contributed by atoms with Crippen LogP contribution in [0, 0.1) is 6.92 Å². The van der Waals surface area contributed by atoms with Gasteiger partial charge in [0.2, 0.25) is 5.91 Å². The topological polar surface area (TPSA) is 59.5 Å². The number of carbonyl (C=O) groups is 2. The second-order valence-electron chi connectivity index (χ2n) is 4.38. The van der Waals surface area contributed by atoms with E-state index in [1.165, 1.54) is 18.4 Å². The highest BCUT2D eigenvalue weighted by molar-refractivity contribution is 7.09. The lowest BCUT2D eigenvalue weighted by atomic mass is 10.2. The summed E-state index contributed by atoms with van der Waals surface area (Å²) in [6, 6.07) is -0.649. The van der Waals surface area contributed by atoms with Crippen LogP contribution in [0.25, 0.3) is 0 Å². The molecule has 0 aromatic carbocycles. The minimum Gasteiger partial charge on any atom is -0.467 e.